The van der Waals surface area contributed by atoms with Gasteiger partial charge in [-0.2, -0.15) is 0 Å². The van der Waals surface area contributed by atoms with Gasteiger partial charge in [-0.3, -0.25) is 4.90 Å². The number of rotatable bonds is 5. The van der Waals surface area contributed by atoms with Crippen molar-refractivity contribution >= 4 is 0 Å². The summed E-state index contributed by atoms with van der Waals surface area (Å²) in [5.41, 5.74) is 0.880. The number of aliphatic hydroxyl groups is 2. The van der Waals surface area contributed by atoms with E-state index in [2.05, 4.69) is 0 Å². The van der Waals surface area contributed by atoms with Crippen LogP contribution in [0.4, 0.5) is 0 Å². The molecule has 3 heteroatoms. The van der Waals surface area contributed by atoms with Gasteiger partial charge >= 0.3 is 0 Å². The SMILES string of the molecule is CCC(O)N(C)[C@@H](C)[C@@H](O)c1ccccc1. The van der Waals surface area contributed by atoms with Crippen molar-refractivity contribution < 1.29 is 10.2 Å². The lowest BCUT2D eigenvalue weighted by Gasteiger charge is -2.32. The number of nitrogens with zero attached hydrogens (tertiary/aromatic N) is 1. The summed E-state index contributed by atoms with van der Waals surface area (Å²) >= 11 is 0. The first-order valence-electron chi connectivity index (χ1n) is 5.71. The molecule has 0 amide bonds. The molecule has 0 heterocycles. The third-order valence-corrected chi connectivity index (χ3v) is 3.08. The highest BCUT2D eigenvalue weighted by Crippen LogP contribution is 2.21. The summed E-state index contributed by atoms with van der Waals surface area (Å²) in [7, 11) is 1.82. The van der Waals surface area contributed by atoms with Crippen molar-refractivity contribution in [3.8, 4) is 0 Å². The molecule has 90 valence electrons. The van der Waals surface area contributed by atoms with Crippen molar-refractivity contribution in [2.45, 2.75) is 38.6 Å². The Hall–Kier alpha value is -0.900. The molecule has 1 unspecified atom stereocenters. The highest BCUT2D eigenvalue weighted by atomic mass is 16.3. The van der Waals surface area contributed by atoms with Gasteiger partial charge in [-0.25, -0.2) is 0 Å². The molecule has 1 rings (SSSR count). The second-order valence-electron chi connectivity index (χ2n) is 4.15. The van der Waals surface area contributed by atoms with Crippen LogP contribution in [-0.4, -0.2) is 34.4 Å². The monoisotopic (exact) mass is 223 g/mol. The molecule has 0 spiro atoms. The third-order valence-electron chi connectivity index (χ3n) is 3.08. The van der Waals surface area contributed by atoms with Gasteiger partial charge in [0.25, 0.3) is 0 Å². The van der Waals surface area contributed by atoms with Gasteiger partial charge in [0.1, 0.15) is 6.23 Å². The predicted octanol–water partition coefficient (Wildman–Crippen LogP) is 1.77. The predicted molar refractivity (Wildman–Crippen MR) is 64.9 cm³/mol. The number of benzene rings is 1. The minimum Gasteiger partial charge on any atom is -0.387 e. The van der Waals surface area contributed by atoms with E-state index < -0.39 is 12.3 Å². The molecular weight excluding hydrogens is 202 g/mol. The van der Waals surface area contributed by atoms with Gasteiger partial charge < -0.3 is 10.2 Å². The Kier molecular flexibility index (Phi) is 4.93. The first-order valence-corrected chi connectivity index (χ1v) is 5.71. The van der Waals surface area contributed by atoms with E-state index >= 15 is 0 Å². The fourth-order valence-electron chi connectivity index (χ4n) is 1.71. The summed E-state index contributed by atoms with van der Waals surface area (Å²) in [4.78, 5) is 1.79. The Morgan fingerprint density at radius 2 is 1.75 bits per heavy atom. The number of likely N-dealkylation sites (N-methyl/N-ethyl adjacent to an activating group) is 1. The van der Waals surface area contributed by atoms with Crippen LogP contribution in [0.15, 0.2) is 30.3 Å². The van der Waals surface area contributed by atoms with Crippen LogP contribution in [0.1, 0.15) is 31.9 Å². The van der Waals surface area contributed by atoms with Crippen LogP contribution in [0.25, 0.3) is 0 Å². The summed E-state index contributed by atoms with van der Waals surface area (Å²) in [6.07, 6.45) is -0.428. The molecule has 0 aliphatic rings. The largest absolute Gasteiger partial charge is 0.387 e. The van der Waals surface area contributed by atoms with Crippen LogP contribution in [0, 0.1) is 0 Å². The Morgan fingerprint density at radius 3 is 2.25 bits per heavy atom. The highest BCUT2D eigenvalue weighted by Gasteiger charge is 2.23. The fraction of sp³-hybridized carbons (Fsp3) is 0.538. The average molecular weight is 223 g/mol. The maximum Gasteiger partial charge on any atom is 0.107 e. The van der Waals surface area contributed by atoms with Crippen molar-refractivity contribution in [2.75, 3.05) is 7.05 Å². The third kappa shape index (κ3) is 3.04. The standard InChI is InChI=1S/C13H21NO2/c1-4-12(15)14(3)10(2)13(16)11-8-6-5-7-9-11/h5-10,12-13,15-16H,4H2,1-3H3/t10-,12?,13+/m0/s1. The molecule has 0 saturated carbocycles. The van der Waals surface area contributed by atoms with Crippen molar-refractivity contribution in [1.29, 1.82) is 0 Å². The number of aliphatic hydroxyl groups excluding tert-OH is 2. The quantitative estimate of drug-likeness (QED) is 0.748. The van der Waals surface area contributed by atoms with Gasteiger partial charge in [-0.05, 0) is 26.0 Å². The zero-order valence-corrected chi connectivity index (χ0v) is 10.2. The molecule has 0 bridgehead atoms. The van der Waals surface area contributed by atoms with Gasteiger partial charge in [-0.1, -0.05) is 37.3 Å². The smallest absolute Gasteiger partial charge is 0.107 e. The van der Waals surface area contributed by atoms with E-state index in [0.29, 0.717) is 6.42 Å². The first kappa shape index (κ1) is 13.2. The van der Waals surface area contributed by atoms with Crippen LogP contribution < -0.4 is 0 Å². The first-order chi connectivity index (χ1) is 7.57. The average Bonchev–Trinajstić information content (AvgIpc) is 2.36. The molecule has 0 aliphatic heterocycles. The Balaban J connectivity index is 2.71. The molecular formula is C13H21NO2. The number of hydrogen-bond donors (Lipinski definition) is 2. The van der Waals surface area contributed by atoms with Crippen LogP contribution in [0.3, 0.4) is 0 Å². The molecule has 3 nitrogen and oxygen atoms in total. The van der Waals surface area contributed by atoms with Crippen molar-refractivity contribution in [1.82, 2.24) is 4.90 Å². The maximum atomic E-state index is 10.2. The Bertz CT molecular complexity index is 302. The van der Waals surface area contributed by atoms with Crippen LogP contribution >= 0.6 is 0 Å². The maximum absolute atomic E-state index is 10.2. The second-order valence-corrected chi connectivity index (χ2v) is 4.15. The summed E-state index contributed by atoms with van der Waals surface area (Å²) in [5, 5.41) is 19.9. The Labute approximate surface area is 97.3 Å². The van der Waals surface area contributed by atoms with Crippen LogP contribution in [0.2, 0.25) is 0 Å². The van der Waals surface area contributed by atoms with E-state index in [4.69, 9.17) is 0 Å². The van der Waals surface area contributed by atoms with E-state index in [0.717, 1.165) is 5.56 Å². The molecule has 2 N–H and O–H groups in total. The van der Waals surface area contributed by atoms with Gasteiger partial charge in [0.2, 0.25) is 0 Å². The fourth-order valence-corrected chi connectivity index (χ4v) is 1.71. The summed E-state index contributed by atoms with van der Waals surface area (Å²) in [6.45, 7) is 3.83. The van der Waals surface area contributed by atoms with Gasteiger partial charge in [0.15, 0.2) is 0 Å². The Morgan fingerprint density at radius 1 is 1.19 bits per heavy atom. The van der Waals surface area contributed by atoms with Gasteiger partial charge in [0.05, 0.1) is 6.10 Å². The number of hydrogen-bond acceptors (Lipinski definition) is 3. The highest BCUT2D eigenvalue weighted by molar-refractivity contribution is 5.18. The molecule has 0 fully saturated rings. The molecule has 0 aromatic heterocycles. The minimum absolute atomic E-state index is 0.114. The van der Waals surface area contributed by atoms with E-state index in [1.165, 1.54) is 0 Å². The second kappa shape index (κ2) is 5.99. The van der Waals surface area contributed by atoms with E-state index in [9.17, 15) is 10.2 Å². The normalized spacial score (nSPS) is 17.1. The topological polar surface area (TPSA) is 43.7 Å². The molecule has 1 aromatic rings. The van der Waals surface area contributed by atoms with E-state index in [-0.39, 0.29) is 6.04 Å². The van der Waals surface area contributed by atoms with Crippen LogP contribution in [0.5, 0.6) is 0 Å². The lowest BCUT2D eigenvalue weighted by atomic mass is 10.0. The lowest BCUT2D eigenvalue weighted by molar-refractivity contribution is -0.0424. The molecule has 0 radical (unpaired) electrons. The molecule has 0 saturated heterocycles. The van der Waals surface area contributed by atoms with E-state index in [1.54, 1.807) is 4.90 Å². The van der Waals surface area contributed by atoms with Gasteiger partial charge in [0, 0.05) is 6.04 Å². The summed E-state index contributed by atoms with van der Waals surface area (Å²) in [5.74, 6) is 0. The molecule has 1 aromatic carbocycles. The summed E-state index contributed by atoms with van der Waals surface area (Å²) < 4.78 is 0. The van der Waals surface area contributed by atoms with Crippen molar-refractivity contribution in [2.24, 2.45) is 0 Å². The van der Waals surface area contributed by atoms with Crippen LogP contribution in [-0.2, 0) is 0 Å². The molecule has 16 heavy (non-hydrogen) atoms. The molecule has 0 aliphatic carbocycles. The van der Waals surface area contributed by atoms with E-state index in [1.807, 2.05) is 51.2 Å². The summed E-state index contributed by atoms with van der Waals surface area (Å²) in [6, 6.07) is 9.41. The lowest BCUT2D eigenvalue weighted by Crippen LogP contribution is -2.41. The van der Waals surface area contributed by atoms with Crippen molar-refractivity contribution in [3.63, 3.8) is 0 Å². The zero-order valence-electron chi connectivity index (χ0n) is 10.2. The van der Waals surface area contributed by atoms with Gasteiger partial charge in [-0.15, -0.1) is 0 Å². The molecule has 3 atom stereocenters. The minimum atomic E-state index is -0.576. The van der Waals surface area contributed by atoms with Crippen molar-refractivity contribution in [3.05, 3.63) is 35.9 Å². The zero-order chi connectivity index (χ0) is 12.1.